The topological polar surface area (TPSA) is 110 Å². The molecule has 10 heteroatoms. The maximum absolute atomic E-state index is 11.9. The molecule has 0 aliphatic heterocycles. The van der Waals surface area contributed by atoms with Crippen molar-refractivity contribution in [2.24, 2.45) is 0 Å². The molecule has 26 heavy (non-hydrogen) atoms. The number of methoxy groups -OCH3 is 1. The zero-order valence-corrected chi connectivity index (χ0v) is 15.3. The summed E-state index contributed by atoms with van der Waals surface area (Å²) in [6.45, 7) is 1.72. The fourth-order valence-electron chi connectivity index (χ4n) is 1.97. The molecule has 0 unspecified atom stereocenters. The minimum absolute atomic E-state index is 0. The molecule has 0 saturated heterocycles. The van der Waals surface area contributed by atoms with Gasteiger partial charge in [0, 0.05) is 20.2 Å². The molecule has 0 saturated carbocycles. The van der Waals surface area contributed by atoms with E-state index in [-0.39, 0.29) is 43.3 Å². The van der Waals surface area contributed by atoms with E-state index in [4.69, 9.17) is 4.74 Å². The molecular formula is C16H23ClN6O3. The zero-order chi connectivity index (χ0) is 17.9. The summed E-state index contributed by atoms with van der Waals surface area (Å²) in [5.41, 5.74) is 1.02. The molecule has 1 aromatic carbocycles. The van der Waals surface area contributed by atoms with E-state index in [0.29, 0.717) is 19.7 Å². The van der Waals surface area contributed by atoms with E-state index in [1.807, 2.05) is 30.3 Å². The molecule has 2 rings (SSSR count). The van der Waals surface area contributed by atoms with Crippen molar-refractivity contribution >= 4 is 30.2 Å². The summed E-state index contributed by atoms with van der Waals surface area (Å²) in [6, 6.07) is 9.62. The number of aromatic nitrogens is 3. The van der Waals surface area contributed by atoms with Crippen LogP contribution in [0.2, 0.25) is 0 Å². The van der Waals surface area contributed by atoms with Crippen LogP contribution in [0.25, 0.3) is 0 Å². The van der Waals surface area contributed by atoms with E-state index in [1.54, 1.807) is 7.11 Å². The molecule has 0 fully saturated rings. The van der Waals surface area contributed by atoms with Crippen LogP contribution >= 0.6 is 12.4 Å². The number of amides is 2. The molecule has 142 valence electrons. The summed E-state index contributed by atoms with van der Waals surface area (Å²) in [4.78, 5) is 27.6. The molecule has 0 aliphatic rings. The Kier molecular flexibility index (Phi) is 9.91. The summed E-state index contributed by atoms with van der Waals surface area (Å²) in [5.74, 6) is -0.287. The second-order valence-corrected chi connectivity index (χ2v) is 5.25. The van der Waals surface area contributed by atoms with Crippen LogP contribution in [0.15, 0.2) is 36.7 Å². The Balaban J connectivity index is 0.00000338. The van der Waals surface area contributed by atoms with Crippen molar-refractivity contribution in [3.63, 3.8) is 0 Å². The number of carbonyl (C=O) groups excluding carboxylic acids is 2. The summed E-state index contributed by atoms with van der Waals surface area (Å²) in [6.07, 6.45) is 1.40. The second-order valence-electron chi connectivity index (χ2n) is 5.25. The molecule has 0 radical (unpaired) electrons. The SMILES string of the molecule is COCCNCC(=O)Nc1ncn(CC(=O)NCc2ccccc2)n1.Cl. The minimum Gasteiger partial charge on any atom is -0.383 e. The van der Waals surface area contributed by atoms with Crippen LogP contribution in [0.5, 0.6) is 0 Å². The van der Waals surface area contributed by atoms with E-state index in [0.717, 1.165) is 5.56 Å². The Morgan fingerprint density at radius 2 is 1.96 bits per heavy atom. The van der Waals surface area contributed by atoms with Crippen molar-refractivity contribution in [2.45, 2.75) is 13.1 Å². The molecule has 9 nitrogen and oxygen atoms in total. The Labute approximate surface area is 157 Å². The number of hydrogen-bond donors (Lipinski definition) is 3. The fraction of sp³-hybridized carbons (Fsp3) is 0.375. The fourth-order valence-corrected chi connectivity index (χ4v) is 1.97. The number of ether oxygens (including phenoxy) is 1. The Bertz CT molecular complexity index is 680. The number of hydrogen-bond acceptors (Lipinski definition) is 6. The van der Waals surface area contributed by atoms with Crippen molar-refractivity contribution < 1.29 is 14.3 Å². The van der Waals surface area contributed by atoms with Crippen molar-refractivity contribution in [2.75, 3.05) is 32.1 Å². The van der Waals surface area contributed by atoms with Crippen LogP contribution in [0, 0.1) is 0 Å². The number of nitrogens with one attached hydrogen (secondary N) is 3. The number of rotatable bonds is 10. The minimum atomic E-state index is -0.262. The lowest BCUT2D eigenvalue weighted by Crippen LogP contribution is -2.30. The Morgan fingerprint density at radius 1 is 1.19 bits per heavy atom. The van der Waals surface area contributed by atoms with Gasteiger partial charge in [-0.05, 0) is 5.56 Å². The molecule has 0 bridgehead atoms. The smallest absolute Gasteiger partial charge is 0.248 e. The predicted octanol–water partition coefficient (Wildman–Crippen LogP) is 0.191. The molecule has 0 aliphatic carbocycles. The highest BCUT2D eigenvalue weighted by molar-refractivity contribution is 5.90. The van der Waals surface area contributed by atoms with Crippen molar-refractivity contribution in [3.05, 3.63) is 42.2 Å². The van der Waals surface area contributed by atoms with Gasteiger partial charge in [-0.2, -0.15) is 0 Å². The number of anilines is 1. The third kappa shape index (κ3) is 8.06. The lowest BCUT2D eigenvalue weighted by molar-refractivity contribution is -0.122. The van der Waals surface area contributed by atoms with Gasteiger partial charge in [-0.25, -0.2) is 9.67 Å². The summed E-state index contributed by atoms with van der Waals surface area (Å²) < 4.78 is 6.24. The van der Waals surface area contributed by atoms with E-state index >= 15 is 0 Å². The third-order valence-electron chi connectivity index (χ3n) is 3.19. The molecule has 1 heterocycles. The number of nitrogens with zero attached hydrogens (tertiary/aromatic N) is 3. The first-order valence-corrected chi connectivity index (χ1v) is 7.87. The van der Waals surface area contributed by atoms with Crippen LogP contribution in [-0.2, 0) is 27.4 Å². The first-order valence-electron chi connectivity index (χ1n) is 7.87. The Morgan fingerprint density at radius 3 is 2.69 bits per heavy atom. The average molecular weight is 383 g/mol. The highest BCUT2D eigenvalue weighted by Crippen LogP contribution is 1.98. The van der Waals surface area contributed by atoms with Gasteiger partial charge in [0.25, 0.3) is 0 Å². The highest BCUT2D eigenvalue weighted by Gasteiger charge is 2.08. The highest BCUT2D eigenvalue weighted by atomic mass is 35.5. The van der Waals surface area contributed by atoms with Crippen LogP contribution in [0.4, 0.5) is 5.95 Å². The number of carbonyl (C=O) groups is 2. The molecule has 3 N–H and O–H groups in total. The molecule has 2 amide bonds. The maximum atomic E-state index is 11.9. The van der Waals surface area contributed by atoms with Gasteiger partial charge in [-0.3, -0.25) is 14.9 Å². The van der Waals surface area contributed by atoms with Gasteiger partial charge in [0.05, 0.1) is 13.2 Å². The van der Waals surface area contributed by atoms with Gasteiger partial charge in [0.15, 0.2) is 0 Å². The van der Waals surface area contributed by atoms with Gasteiger partial charge in [-0.1, -0.05) is 30.3 Å². The van der Waals surface area contributed by atoms with Crippen LogP contribution in [0.1, 0.15) is 5.56 Å². The van der Waals surface area contributed by atoms with Crippen LogP contribution in [0.3, 0.4) is 0 Å². The van der Waals surface area contributed by atoms with Crippen molar-refractivity contribution in [1.29, 1.82) is 0 Å². The van der Waals surface area contributed by atoms with Crippen LogP contribution < -0.4 is 16.0 Å². The number of benzene rings is 1. The standard InChI is InChI=1S/C16H22N6O3.ClH/c1-25-8-7-17-10-14(23)20-16-19-12-22(21-16)11-15(24)18-9-13-5-3-2-4-6-13;/h2-6,12,17H,7-11H2,1H3,(H,18,24)(H,20,21,23);1H. The van der Waals surface area contributed by atoms with Gasteiger partial charge < -0.3 is 15.4 Å². The molecule has 2 aromatic rings. The van der Waals surface area contributed by atoms with Gasteiger partial charge in [0.2, 0.25) is 17.8 Å². The molecule has 0 atom stereocenters. The summed E-state index contributed by atoms with van der Waals surface area (Å²) >= 11 is 0. The monoisotopic (exact) mass is 382 g/mol. The number of halogens is 1. The van der Waals surface area contributed by atoms with Crippen LogP contribution in [-0.4, -0.2) is 53.4 Å². The zero-order valence-electron chi connectivity index (χ0n) is 14.5. The van der Waals surface area contributed by atoms with Gasteiger partial charge in [0.1, 0.15) is 12.9 Å². The first-order chi connectivity index (χ1) is 12.2. The lowest BCUT2D eigenvalue weighted by Gasteiger charge is -2.05. The normalized spacial score (nSPS) is 10.0. The average Bonchev–Trinajstić information content (AvgIpc) is 3.04. The lowest BCUT2D eigenvalue weighted by atomic mass is 10.2. The second kappa shape index (κ2) is 12.0. The molecule has 0 spiro atoms. The predicted molar refractivity (Wildman–Crippen MR) is 98.9 cm³/mol. The van der Waals surface area contributed by atoms with Gasteiger partial charge in [-0.15, -0.1) is 17.5 Å². The summed E-state index contributed by atoms with van der Waals surface area (Å²) in [7, 11) is 1.59. The van der Waals surface area contributed by atoms with Gasteiger partial charge >= 0.3 is 0 Å². The molecule has 1 aromatic heterocycles. The maximum Gasteiger partial charge on any atom is 0.248 e. The quantitative estimate of drug-likeness (QED) is 0.506. The van der Waals surface area contributed by atoms with E-state index in [9.17, 15) is 9.59 Å². The third-order valence-corrected chi connectivity index (χ3v) is 3.19. The van der Waals surface area contributed by atoms with E-state index in [2.05, 4.69) is 26.0 Å². The summed E-state index contributed by atoms with van der Waals surface area (Å²) in [5, 5.41) is 12.3. The van der Waals surface area contributed by atoms with Crippen molar-refractivity contribution in [1.82, 2.24) is 25.4 Å². The van der Waals surface area contributed by atoms with Crippen molar-refractivity contribution in [3.8, 4) is 0 Å². The van der Waals surface area contributed by atoms with E-state index in [1.165, 1.54) is 11.0 Å². The van der Waals surface area contributed by atoms with E-state index < -0.39 is 0 Å². The Hall–Kier alpha value is -2.49. The largest absolute Gasteiger partial charge is 0.383 e. The first kappa shape index (κ1) is 21.6. The molecular weight excluding hydrogens is 360 g/mol.